The molecule has 3 rings (SSSR count). The number of rotatable bonds is 3. The number of anilines is 1. The van der Waals surface area contributed by atoms with Gasteiger partial charge in [0, 0.05) is 27.3 Å². The van der Waals surface area contributed by atoms with E-state index in [9.17, 15) is 0 Å². The number of fused-ring (bicyclic) bond motifs is 1. The average molecular weight is 384 g/mol. The van der Waals surface area contributed by atoms with Gasteiger partial charge in [0.2, 0.25) is 0 Å². The number of nitrogens with one attached hydrogen (secondary N) is 1. The predicted octanol–water partition coefficient (Wildman–Crippen LogP) is 4.15. The van der Waals surface area contributed by atoms with E-state index in [1.165, 1.54) is 5.56 Å². The smallest absolute Gasteiger partial charge is 0.122 e. The van der Waals surface area contributed by atoms with Crippen LogP contribution in [0.25, 0.3) is 0 Å². The van der Waals surface area contributed by atoms with Crippen molar-refractivity contribution < 1.29 is 4.74 Å². The molecule has 0 bridgehead atoms. The first-order valence-electron chi connectivity index (χ1n) is 6.02. The molecule has 0 saturated carbocycles. The summed E-state index contributed by atoms with van der Waals surface area (Å²) < 4.78 is 7.46. The number of benzene rings is 1. The molecule has 3 nitrogen and oxygen atoms in total. The molecule has 2 aromatic rings. The van der Waals surface area contributed by atoms with E-state index in [2.05, 4.69) is 48.2 Å². The van der Waals surface area contributed by atoms with E-state index in [0.717, 1.165) is 39.1 Å². The number of ether oxygens (including phenoxy) is 1. The van der Waals surface area contributed by atoms with Crippen molar-refractivity contribution >= 4 is 37.5 Å². The van der Waals surface area contributed by atoms with Crippen molar-refractivity contribution in [1.82, 2.24) is 4.98 Å². The molecule has 1 aliphatic rings. The number of hydrogen-bond acceptors (Lipinski definition) is 3. The van der Waals surface area contributed by atoms with Crippen LogP contribution < -0.4 is 10.1 Å². The van der Waals surface area contributed by atoms with Crippen LogP contribution in [0.1, 0.15) is 11.3 Å². The number of hydrogen-bond donors (Lipinski definition) is 1. The highest BCUT2D eigenvalue weighted by molar-refractivity contribution is 9.11. The zero-order valence-electron chi connectivity index (χ0n) is 10.1. The summed E-state index contributed by atoms with van der Waals surface area (Å²) in [6.07, 6.45) is 2.80. The van der Waals surface area contributed by atoms with Crippen molar-refractivity contribution in [2.45, 2.75) is 13.0 Å². The second kappa shape index (κ2) is 5.51. The van der Waals surface area contributed by atoms with Gasteiger partial charge in [0.15, 0.2) is 0 Å². The van der Waals surface area contributed by atoms with Gasteiger partial charge in [0.1, 0.15) is 5.75 Å². The van der Waals surface area contributed by atoms with Crippen LogP contribution in [0.4, 0.5) is 5.69 Å². The van der Waals surface area contributed by atoms with Crippen LogP contribution in [0.5, 0.6) is 5.75 Å². The summed E-state index contributed by atoms with van der Waals surface area (Å²) in [6, 6.07) is 8.21. The van der Waals surface area contributed by atoms with Gasteiger partial charge in [-0.15, -0.1) is 0 Å². The molecule has 0 aliphatic carbocycles. The molecule has 98 valence electrons. The van der Waals surface area contributed by atoms with Crippen LogP contribution in [0.3, 0.4) is 0 Å². The molecule has 1 aliphatic heterocycles. The van der Waals surface area contributed by atoms with Gasteiger partial charge in [0.05, 0.1) is 18.8 Å². The number of aromatic nitrogens is 1. The first kappa shape index (κ1) is 12.9. The van der Waals surface area contributed by atoms with E-state index in [0.29, 0.717) is 6.54 Å². The molecule has 0 radical (unpaired) electrons. The first-order valence-corrected chi connectivity index (χ1v) is 7.60. The van der Waals surface area contributed by atoms with Crippen LogP contribution >= 0.6 is 31.9 Å². The Kier molecular flexibility index (Phi) is 3.75. The second-order valence-corrected chi connectivity index (χ2v) is 6.13. The largest absolute Gasteiger partial charge is 0.493 e. The minimum absolute atomic E-state index is 0.688. The van der Waals surface area contributed by atoms with Crippen molar-refractivity contribution in [3.63, 3.8) is 0 Å². The number of nitrogens with zero attached hydrogens (tertiary/aromatic N) is 1. The summed E-state index contributed by atoms with van der Waals surface area (Å²) in [5.74, 6) is 1.01. The molecule has 0 atom stereocenters. The summed E-state index contributed by atoms with van der Waals surface area (Å²) in [5, 5.41) is 3.39. The van der Waals surface area contributed by atoms with E-state index in [1.54, 1.807) is 6.20 Å². The Bertz CT molecular complexity index is 616. The summed E-state index contributed by atoms with van der Waals surface area (Å²) in [6.45, 7) is 1.48. The van der Waals surface area contributed by atoms with Gasteiger partial charge < -0.3 is 10.1 Å². The normalized spacial score (nSPS) is 12.9. The Hall–Kier alpha value is -1.07. The molecule has 1 aromatic carbocycles. The molecule has 1 N–H and O–H groups in total. The van der Waals surface area contributed by atoms with Gasteiger partial charge in [-0.2, -0.15) is 0 Å². The van der Waals surface area contributed by atoms with Crippen LogP contribution in [0, 0.1) is 0 Å². The molecule has 2 heterocycles. The van der Waals surface area contributed by atoms with Gasteiger partial charge in [-0.3, -0.25) is 4.98 Å². The second-order valence-electron chi connectivity index (χ2n) is 4.36. The molecule has 0 unspecified atom stereocenters. The summed E-state index contributed by atoms with van der Waals surface area (Å²) >= 11 is 6.92. The Balaban J connectivity index is 1.72. The lowest BCUT2D eigenvalue weighted by Crippen LogP contribution is -2.02. The standard InChI is InChI=1S/C14H12Br2N2O/c15-10-6-12(16)13(18-7-10)8-17-11-1-2-14-9(5-11)3-4-19-14/h1-2,5-7,17H,3-4,8H2. The van der Waals surface area contributed by atoms with Crippen molar-refractivity contribution in [1.29, 1.82) is 0 Å². The van der Waals surface area contributed by atoms with Crippen LogP contribution in [0.2, 0.25) is 0 Å². The Labute approximate surface area is 128 Å². The van der Waals surface area contributed by atoms with E-state index in [-0.39, 0.29) is 0 Å². The lowest BCUT2D eigenvalue weighted by Gasteiger charge is -2.09. The number of pyridine rings is 1. The summed E-state index contributed by atoms with van der Waals surface area (Å²) in [4.78, 5) is 4.38. The zero-order valence-corrected chi connectivity index (χ0v) is 13.3. The summed E-state index contributed by atoms with van der Waals surface area (Å²) in [5.41, 5.74) is 3.36. The van der Waals surface area contributed by atoms with Crippen molar-refractivity contribution in [2.24, 2.45) is 0 Å². The molecule has 19 heavy (non-hydrogen) atoms. The molecular formula is C14H12Br2N2O. The highest BCUT2D eigenvalue weighted by Crippen LogP contribution is 2.28. The van der Waals surface area contributed by atoms with Gasteiger partial charge in [-0.1, -0.05) is 0 Å². The van der Waals surface area contributed by atoms with E-state index in [4.69, 9.17) is 4.74 Å². The number of halogens is 2. The highest BCUT2D eigenvalue weighted by Gasteiger charge is 2.12. The molecule has 0 saturated heterocycles. The average Bonchev–Trinajstić information content (AvgIpc) is 2.85. The third-order valence-corrected chi connectivity index (χ3v) is 4.15. The van der Waals surface area contributed by atoms with Crippen LogP contribution in [-0.4, -0.2) is 11.6 Å². The third kappa shape index (κ3) is 2.92. The fourth-order valence-electron chi connectivity index (χ4n) is 2.06. The quantitative estimate of drug-likeness (QED) is 0.864. The maximum absolute atomic E-state index is 5.50. The lowest BCUT2D eigenvalue weighted by atomic mass is 10.1. The molecule has 5 heteroatoms. The Morgan fingerprint density at radius 1 is 1.26 bits per heavy atom. The maximum atomic E-state index is 5.50. The van der Waals surface area contributed by atoms with Gasteiger partial charge in [-0.05, 0) is 61.7 Å². The van der Waals surface area contributed by atoms with E-state index in [1.807, 2.05) is 18.2 Å². The Morgan fingerprint density at radius 3 is 3.00 bits per heavy atom. The van der Waals surface area contributed by atoms with Crippen molar-refractivity contribution in [3.8, 4) is 5.75 Å². The molecule has 0 amide bonds. The fourth-order valence-corrected chi connectivity index (χ4v) is 3.18. The molecule has 0 fully saturated rings. The van der Waals surface area contributed by atoms with E-state index < -0.39 is 0 Å². The lowest BCUT2D eigenvalue weighted by molar-refractivity contribution is 0.357. The minimum Gasteiger partial charge on any atom is -0.493 e. The molecule has 0 spiro atoms. The molecular weight excluding hydrogens is 372 g/mol. The fraction of sp³-hybridized carbons (Fsp3) is 0.214. The van der Waals surface area contributed by atoms with Gasteiger partial charge >= 0.3 is 0 Å². The van der Waals surface area contributed by atoms with Crippen LogP contribution in [0.15, 0.2) is 39.4 Å². The van der Waals surface area contributed by atoms with Gasteiger partial charge in [0.25, 0.3) is 0 Å². The topological polar surface area (TPSA) is 34.2 Å². The monoisotopic (exact) mass is 382 g/mol. The minimum atomic E-state index is 0.688. The zero-order chi connectivity index (χ0) is 13.2. The SMILES string of the molecule is Brc1cnc(CNc2ccc3c(c2)CCO3)c(Br)c1. The van der Waals surface area contributed by atoms with E-state index >= 15 is 0 Å². The molecule has 1 aromatic heterocycles. The van der Waals surface area contributed by atoms with Crippen molar-refractivity contribution in [3.05, 3.63) is 50.7 Å². The first-order chi connectivity index (χ1) is 9.22. The summed E-state index contributed by atoms with van der Waals surface area (Å²) in [7, 11) is 0. The van der Waals surface area contributed by atoms with Crippen molar-refractivity contribution in [2.75, 3.05) is 11.9 Å². The maximum Gasteiger partial charge on any atom is 0.122 e. The highest BCUT2D eigenvalue weighted by atomic mass is 79.9. The van der Waals surface area contributed by atoms with Gasteiger partial charge in [-0.25, -0.2) is 0 Å². The Morgan fingerprint density at radius 2 is 2.16 bits per heavy atom. The van der Waals surface area contributed by atoms with Crippen LogP contribution in [-0.2, 0) is 13.0 Å². The third-order valence-electron chi connectivity index (χ3n) is 3.03. The predicted molar refractivity (Wildman–Crippen MR) is 82.6 cm³/mol.